The molecule has 0 fully saturated rings. The molecule has 0 spiro atoms. The fourth-order valence-corrected chi connectivity index (χ4v) is 2.88. The van der Waals surface area contributed by atoms with Gasteiger partial charge in [-0.2, -0.15) is 4.68 Å². The summed E-state index contributed by atoms with van der Waals surface area (Å²) in [7, 11) is 0. The third-order valence-corrected chi connectivity index (χ3v) is 3.93. The lowest BCUT2D eigenvalue weighted by Crippen LogP contribution is -2.02. The van der Waals surface area contributed by atoms with E-state index >= 15 is 0 Å². The van der Waals surface area contributed by atoms with Gasteiger partial charge in [0.05, 0.1) is 5.69 Å². The maximum atomic E-state index is 6.05. The fourth-order valence-electron chi connectivity index (χ4n) is 2.03. The summed E-state index contributed by atoms with van der Waals surface area (Å²) in [6, 6.07) is 11.2. The van der Waals surface area contributed by atoms with Gasteiger partial charge in [0.15, 0.2) is 5.82 Å². The van der Waals surface area contributed by atoms with Crippen LogP contribution in [-0.2, 0) is 0 Å². The van der Waals surface area contributed by atoms with Crippen molar-refractivity contribution in [3.8, 4) is 17.1 Å². The average molecular weight is 365 g/mol. The summed E-state index contributed by atoms with van der Waals surface area (Å²) in [5.74, 6) is 0.583. The van der Waals surface area contributed by atoms with Crippen LogP contribution in [0, 0.1) is 6.92 Å². The standard InChI is InChI=1S/C14H11BrClN5/c1-8-2-4-12(17)10(6-8)14-18-19-20-21(14)13-5-3-9(16)7-11(13)15/h2-7H,17H2,1H3. The second-order valence-electron chi connectivity index (χ2n) is 4.60. The number of nitrogens with two attached hydrogens (primary N) is 1. The van der Waals surface area contributed by atoms with E-state index in [1.165, 1.54) is 0 Å². The predicted octanol–water partition coefficient (Wildman–Crippen LogP) is 3.64. The molecular weight excluding hydrogens is 354 g/mol. The molecule has 0 saturated carbocycles. The number of hydrogen-bond donors (Lipinski definition) is 1. The van der Waals surface area contributed by atoms with Gasteiger partial charge in [-0.15, -0.1) is 5.10 Å². The number of aryl methyl sites for hydroxylation is 1. The third-order valence-electron chi connectivity index (χ3n) is 3.06. The van der Waals surface area contributed by atoms with Gasteiger partial charge in [0, 0.05) is 20.7 Å². The molecule has 2 aromatic carbocycles. The number of aromatic nitrogens is 4. The van der Waals surface area contributed by atoms with Gasteiger partial charge < -0.3 is 5.73 Å². The highest BCUT2D eigenvalue weighted by Crippen LogP contribution is 2.30. The van der Waals surface area contributed by atoms with Crippen molar-refractivity contribution in [2.75, 3.05) is 5.73 Å². The first kappa shape index (κ1) is 14.0. The largest absolute Gasteiger partial charge is 0.398 e. The molecule has 3 aromatic rings. The van der Waals surface area contributed by atoms with Gasteiger partial charge >= 0.3 is 0 Å². The van der Waals surface area contributed by atoms with E-state index in [-0.39, 0.29) is 0 Å². The zero-order chi connectivity index (χ0) is 15.0. The molecule has 5 nitrogen and oxygen atoms in total. The van der Waals surface area contributed by atoms with Crippen molar-refractivity contribution in [1.82, 2.24) is 20.2 Å². The Morgan fingerprint density at radius 3 is 2.76 bits per heavy atom. The van der Waals surface area contributed by atoms with Gasteiger partial charge in [-0.1, -0.05) is 23.2 Å². The van der Waals surface area contributed by atoms with Crippen LogP contribution in [0.2, 0.25) is 5.02 Å². The van der Waals surface area contributed by atoms with Crippen LogP contribution in [0.1, 0.15) is 5.56 Å². The highest BCUT2D eigenvalue weighted by atomic mass is 79.9. The number of benzene rings is 2. The predicted molar refractivity (Wildman–Crippen MR) is 86.4 cm³/mol. The van der Waals surface area contributed by atoms with E-state index in [9.17, 15) is 0 Å². The molecule has 0 radical (unpaired) electrons. The number of nitrogen functional groups attached to an aromatic ring is 1. The molecule has 0 aliphatic heterocycles. The summed E-state index contributed by atoms with van der Waals surface area (Å²) in [6.45, 7) is 2.00. The molecule has 3 rings (SSSR count). The Bertz CT molecular complexity index is 815. The molecule has 0 atom stereocenters. The van der Waals surface area contributed by atoms with Crippen LogP contribution >= 0.6 is 27.5 Å². The zero-order valence-corrected chi connectivity index (χ0v) is 13.4. The van der Waals surface area contributed by atoms with Crippen molar-refractivity contribution < 1.29 is 0 Å². The maximum Gasteiger partial charge on any atom is 0.189 e. The van der Waals surface area contributed by atoms with E-state index in [1.54, 1.807) is 16.8 Å². The molecule has 1 aromatic heterocycles. The number of tetrazole rings is 1. The van der Waals surface area contributed by atoms with Gasteiger partial charge in [-0.3, -0.25) is 0 Å². The minimum atomic E-state index is 0.583. The Labute approximate surface area is 134 Å². The van der Waals surface area contributed by atoms with Crippen LogP contribution in [0.4, 0.5) is 5.69 Å². The maximum absolute atomic E-state index is 6.05. The summed E-state index contributed by atoms with van der Waals surface area (Å²) in [6.07, 6.45) is 0. The lowest BCUT2D eigenvalue weighted by Gasteiger charge is -2.09. The van der Waals surface area contributed by atoms with Gasteiger partial charge in [0.25, 0.3) is 0 Å². The van der Waals surface area contributed by atoms with Crippen molar-refractivity contribution in [2.45, 2.75) is 6.92 Å². The molecule has 21 heavy (non-hydrogen) atoms. The van der Waals surface area contributed by atoms with E-state index in [0.29, 0.717) is 16.5 Å². The lowest BCUT2D eigenvalue weighted by molar-refractivity contribution is 0.789. The SMILES string of the molecule is Cc1ccc(N)c(-c2nnnn2-c2ccc(Cl)cc2Br)c1. The van der Waals surface area contributed by atoms with Crippen LogP contribution in [-0.4, -0.2) is 20.2 Å². The van der Waals surface area contributed by atoms with E-state index < -0.39 is 0 Å². The molecule has 0 unspecified atom stereocenters. The molecule has 0 amide bonds. The highest BCUT2D eigenvalue weighted by molar-refractivity contribution is 9.10. The van der Waals surface area contributed by atoms with E-state index in [0.717, 1.165) is 21.3 Å². The zero-order valence-electron chi connectivity index (χ0n) is 11.1. The molecule has 7 heteroatoms. The number of anilines is 1. The van der Waals surface area contributed by atoms with Gasteiger partial charge in [-0.05, 0) is 63.6 Å². The Hall–Kier alpha value is -1.92. The molecular formula is C14H11BrClN5. The van der Waals surface area contributed by atoms with Crippen LogP contribution in [0.15, 0.2) is 40.9 Å². The molecule has 106 valence electrons. The van der Waals surface area contributed by atoms with E-state index in [4.69, 9.17) is 17.3 Å². The third kappa shape index (κ3) is 2.64. The molecule has 1 heterocycles. The topological polar surface area (TPSA) is 69.6 Å². The van der Waals surface area contributed by atoms with Crippen molar-refractivity contribution in [2.24, 2.45) is 0 Å². The summed E-state index contributed by atoms with van der Waals surface area (Å²) in [4.78, 5) is 0. The van der Waals surface area contributed by atoms with Crippen LogP contribution in [0.25, 0.3) is 17.1 Å². The van der Waals surface area contributed by atoms with Crippen LogP contribution < -0.4 is 5.73 Å². The summed E-state index contributed by atoms with van der Waals surface area (Å²) in [5.41, 5.74) is 9.35. The van der Waals surface area contributed by atoms with Gasteiger partial charge in [-0.25, -0.2) is 0 Å². The summed E-state index contributed by atoms with van der Waals surface area (Å²) in [5, 5.41) is 12.5. The summed E-state index contributed by atoms with van der Waals surface area (Å²) >= 11 is 9.45. The first-order valence-corrected chi connectivity index (χ1v) is 7.33. The minimum absolute atomic E-state index is 0.583. The molecule has 0 bridgehead atoms. The first-order chi connectivity index (χ1) is 10.1. The van der Waals surface area contributed by atoms with Crippen LogP contribution in [0.3, 0.4) is 0 Å². The van der Waals surface area contributed by atoms with Crippen molar-refractivity contribution in [3.05, 3.63) is 51.5 Å². The number of halogens is 2. The number of hydrogen-bond acceptors (Lipinski definition) is 4. The van der Waals surface area contributed by atoms with Gasteiger partial charge in [0.2, 0.25) is 0 Å². The molecule has 0 aliphatic carbocycles. The Morgan fingerprint density at radius 2 is 2.00 bits per heavy atom. The average Bonchev–Trinajstić information content (AvgIpc) is 2.90. The molecule has 0 aliphatic rings. The Kier molecular flexibility index (Phi) is 3.65. The minimum Gasteiger partial charge on any atom is -0.398 e. The normalized spacial score (nSPS) is 10.8. The lowest BCUT2D eigenvalue weighted by atomic mass is 10.1. The quantitative estimate of drug-likeness (QED) is 0.705. The second kappa shape index (κ2) is 5.46. The second-order valence-corrected chi connectivity index (χ2v) is 5.89. The van der Waals surface area contributed by atoms with Crippen molar-refractivity contribution >= 4 is 33.2 Å². The molecule has 0 saturated heterocycles. The highest BCUT2D eigenvalue weighted by Gasteiger charge is 2.15. The summed E-state index contributed by atoms with van der Waals surface area (Å²) < 4.78 is 2.43. The first-order valence-electron chi connectivity index (χ1n) is 6.16. The number of nitrogens with zero attached hydrogens (tertiary/aromatic N) is 4. The van der Waals surface area contributed by atoms with E-state index in [2.05, 4.69) is 31.5 Å². The van der Waals surface area contributed by atoms with Gasteiger partial charge in [0.1, 0.15) is 0 Å². The van der Waals surface area contributed by atoms with E-state index in [1.807, 2.05) is 31.2 Å². The molecule has 2 N–H and O–H groups in total. The Balaban J connectivity index is 2.19. The Morgan fingerprint density at radius 1 is 1.19 bits per heavy atom. The number of rotatable bonds is 2. The fraction of sp³-hybridized carbons (Fsp3) is 0.0714. The van der Waals surface area contributed by atoms with Crippen LogP contribution in [0.5, 0.6) is 0 Å². The van der Waals surface area contributed by atoms with Crippen molar-refractivity contribution in [1.29, 1.82) is 0 Å². The monoisotopic (exact) mass is 363 g/mol. The van der Waals surface area contributed by atoms with Crippen molar-refractivity contribution in [3.63, 3.8) is 0 Å². The smallest absolute Gasteiger partial charge is 0.189 e.